The van der Waals surface area contributed by atoms with Crippen molar-refractivity contribution in [3.63, 3.8) is 0 Å². The number of carbonyl (C=O) groups is 1. The van der Waals surface area contributed by atoms with Crippen LogP contribution in [0.3, 0.4) is 0 Å². The Morgan fingerprint density at radius 2 is 1.81 bits per heavy atom. The van der Waals surface area contributed by atoms with Crippen LogP contribution in [0.5, 0.6) is 0 Å². The lowest BCUT2D eigenvalue weighted by Crippen LogP contribution is -2.11. The minimum Gasteiger partial charge on any atom is -0.366 e. The van der Waals surface area contributed by atoms with Crippen LogP contribution in [0.1, 0.15) is 39.5 Å². The number of primary amides is 1. The first kappa shape index (κ1) is 17.3. The minimum absolute atomic E-state index is 0.383. The van der Waals surface area contributed by atoms with Crippen LogP contribution in [-0.2, 0) is 13.0 Å². The second-order valence-corrected chi connectivity index (χ2v) is 7.29. The average Bonchev–Trinajstić information content (AvgIpc) is 2.97. The van der Waals surface area contributed by atoms with Crippen molar-refractivity contribution >= 4 is 27.7 Å². The Hall–Kier alpha value is -3.07. The van der Waals surface area contributed by atoms with Crippen LogP contribution >= 0.6 is 0 Å². The number of aryl methyl sites for hydroxylation is 3. The van der Waals surface area contributed by atoms with Crippen LogP contribution in [0.2, 0.25) is 0 Å². The number of carbonyl (C=O) groups excluding carboxylic acids is 1. The molecule has 0 saturated heterocycles. The number of fused-ring (bicyclic) bond motifs is 3. The van der Waals surface area contributed by atoms with Gasteiger partial charge in [-0.1, -0.05) is 48.9 Å². The van der Waals surface area contributed by atoms with Crippen molar-refractivity contribution < 1.29 is 4.79 Å². The van der Waals surface area contributed by atoms with E-state index in [2.05, 4.69) is 67.8 Å². The molecule has 3 aromatic carbocycles. The van der Waals surface area contributed by atoms with E-state index < -0.39 is 0 Å². The van der Waals surface area contributed by atoms with E-state index in [4.69, 9.17) is 5.73 Å². The Morgan fingerprint density at radius 3 is 2.56 bits per heavy atom. The van der Waals surface area contributed by atoms with Crippen molar-refractivity contribution in [2.24, 2.45) is 5.73 Å². The maximum Gasteiger partial charge on any atom is 0.249 e. The van der Waals surface area contributed by atoms with E-state index in [-0.39, 0.29) is 5.91 Å². The molecular formula is C24H24N2O. The molecule has 1 amide bonds. The number of benzene rings is 3. The van der Waals surface area contributed by atoms with Gasteiger partial charge in [-0.2, -0.15) is 0 Å². The molecule has 4 rings (SSSR count). The smallest absolute Gasteiger partial charge is 0.249 e. The molecule has 0 aliphatic carbocycles. The maximum absolute atomic E-state index is 12.1. The predicted molar refractivity (Wildman–Crippen MR) is 112 cm³/mol. The average molecular weight is 356 g/mol. The topological polar surface area (TPSA) is 48.0 Å². The van der Waals surface area contributed by atoms with Crippen molar-refractivity contribution in [1.82, 2.24) is 4.57 Å². The van der Waals surface area contributed by atoms with Crippen molar-refractivity contribution in [3.05, 3.63) is 82.4 Å². The van der Waals surface area contributed by atoms with Gasteiger partial charge in [-0.15, -0.1) is 0 Å². The summed E-state index contributed by atoms with van der Waals surface area (Å²) in [6.45, 7) is 7.20. The third-order valence-electron chi connectivity index (χ3n) is 5.46. The number of hydrogen-bond donors (Lipinski definition) is 1. The third kappa shape index (κ3) is 2.89. The lowest BCUT2D eigenvalue weighted by molar-refractivity contribution is 0.100. The molecule has 4 aromatic rings. The second-order valence-electron chi connectivity index (χ2n) is 7.29. The van der Waals surface area contributed by atoms with E-state index in [9.17, 15) is 4.79 Å². The fourth-order valence-electron chi connectivity index (χ4n) is 3.93. The van der Waals surface area contributed by atoms with Crippen LogP contribution in [-0.4, -0.2) is 10.5 Å². The van der Waals surface area contributed by atoms with Gasteiger partial charge in [0.2, 0.25) is 5.91 Å². The summed E-state index contributed by atoms with van der Waals surface area (Å²) >= 11 is 0. The standard InChI is InChI=1S/C24H24N2O/c1-4-17-10-11-19-22(13-17)26(14-18-12-15(2)8-9-16(18)3)21-7-5-6-20(23(19)21)24(25)27/h5-13H,4,14H2,1-3H3,(H2,25,27). The van der Waals surface area contributed by atoms with Gasteiger partial charge in [-0.05, 0) is 55.2 Å². The molecule has 0 radical (unpaired) electrons. The summed E-state index contributed by atoms with van der Waals surface area (Å²) in [7, 11) is 0. The molecule has 0 fully saturated rings. The summed E-state index contributed by atoms with van der Waals surface area (Å²) < 4.78 is 2.32. The van der Waals surface area contributed by atoms with Crippen LogP contribution in [0, 0.1) is 13.8 Å². The van der Waals surface area contributed by atoms with Gasteiger partial charge in [-0.25, -0.2) is 0 Å². The molecule has 3 heteroatoms. The van der Waals surface area contributed by atoms with Gasteiger partial charge in [-0.3, -0.25) is 4.79 Å². The van der Waals surface area contributed by atoms with Crippen molar-refractivity contribution in [2.45, 2.75) is 33.7 Å². The third-order valence-corrected chi connectivity index (χ3v) is 5.46. The second kappa shape index (κ2) is 6.58. The first-order valence-electron chi connectivity index (χ1n) is 9.39. The normalized spacial score (nSPS) is 11.4. The summed E-state index contributed by atoms with van der Waals surface area (Å²) in [5.74, 6) is -0.383. The molecule has 0 aliphatic rings. The summed E-state index contributed by atoms with van der Waals surface area (Å²) in [5, 5.41) is 2.04. The van der Waals surface area contributed by atoms with Gasteiger partial charge < -0.3 is 10.3 Å². The summed E-state index contributed by atoms with van der Waals surface area (Å²) in [4.78, 5) is 12.1. The molecule has 27 heavy (non-hydrogen) atoms. The highest BCUT2D eigenvalue weighted by Gasteiger charge is 2.17. The molecule has 136 valence electrons. The van der Waals surface area contributed by atoms with E-state index >= 15 is 0 Å². The summed E-state index contributed by atoms with van der Waals surface area (Å²) in [5.41, 5.74) is 13.6. The number of hydrogen-bond acceptors (Lipinski definition) is 1. The van der Waals surface area contributed by atoms with Gasteiger partial charge in [0.1, 0.15) is 0 Å². The molecule has 0 spiro atoms. The Bertz CT molecular complexity index is 1180. The summed E-state index contributed by atoms with van der Waals surface area (Å²) in [6, 6.07) is 18.9. The zero-order valence-corrected chi connectivity index (χ0v) is 16.0. The van der Waals surface area contributed by atoms with Gasteiger partial charge in [0.25, 0.3) is 0 Å². The summed E-state index contributed by atoms with van der Waals surface area (Å²) in [6.07, 6.45) is 0.976. The number of amides is 1. The molecule has 0 unspecified atom stereocenters. The van der Waals surface area contributed by atoms with Crippen molar-refractivity contribution in [2.75, 3.05) is 0 Å². The van der Waals surface area contributed by atoms with Crippen molar-refractivity contribution in [3.8, 4) is 0 Å². The molecule has 1 heterocycles. The van der Waals surface area contributed by atoms with Crippen molar-refractivity contribution in [1.29, 1.82) is 0 Å². The molecular weight excluding hydrogens is 332 g/mol. The Balaban J connectivity index is 2.06. The van der Waals surface area contributed by atoms with Crippen LogP contribution < -0.4 is 5.73 Å². The zero-order chi connectivity index (χ0) is 19.1. The molecule has 0 atom stereocenters. The van der Waals surface area contributed by atoms with Crippen LogP contribution in [0.4, 0.5) is 0 Å². The highest BCUT2D eigenvalue weighted by atomic mass is 16.1. The number of nitrogens with zero attached hydrogens (tertiary/aromatic N) is 1. The van der Waals surface area contributed by atoms with Gasteiger partial charge >= 0.3 is 0 Å². The van der Waals surface area contributed by atoms with Gasteiger partial charge in [0.05, 0.1) is 5.52 Å². The highest BCUT2D eigenvalue weighted by molar-refractivity contribution is 6.18. The molecule has 0 bridgehead atoms. The monoisotopic (exact) mass is 356 g/mol. The number of aromatic nitrogens is 1. The quantitative estimate of drug-likeness (QED) is 0.542. The Labute approximate surface area is 159 Å². The Kier molecular flexibility index (Phi) is 4.23. The molecule has 1 aromatic heterocycles. The fraction of sp³-hybridized carbons (Fsp3) is 0.208. The fourth-order valence-corrected chi connectivity index (χ4v) is 3.93. The predicted octanol–water partition coefficient (Wildman–Crippen LogP) is 5.12. The van der Waals surface area contributed by atoms with Gasteiger partial charge in [0.15, 0.2) is 0 Å². The Morgan fingerprint density at radius 1 is 1.00 bits per heavy atom. The minimum atomic E-state index is -0.383. The largest absolute Gasteiger partial charge is 0.366 e. The molecule has 0 saturated carbocycles. The number of nitrogens with two attached hydrogens (primary N) is 1. The lowest BCUT2D eigenvalue weighted by atomic mass is 10.0. The first-order valence-corrected chi connectivity index (χ1v) is 9.39. The SMILES string of the molecule is CCc1ccc2c3c(C(N)=O)cccc3n(Cc3cc(C)ccc3C)c2c1. The van der Waals surface area contributed by atoms with E-state index in [1.54, 1.807) is 0 Å². The first-order chi connectivity index (χ1) is 13.0. The van der Waals surface area contributed by atoms with E-state index in [0.29, 0.717) is 5.56 Å². The molecule has 3 nitrogen and oxygen atoms in total. The van der Waals surface area contributed by atoms with E-state index in [1.807, 2.05) is 12.1 Å². The van der Waals surface area contributed by atoms with E-state index in [1.165, 1.54) is 22.3 Å². The number of rotatable bonds is 4. The van der Waals surface area contributed by atoms with E-state index in [0.717, 1.165) is 34.8 Å². The zero-order valence-electron chi connectivity index (χ0n) is 16.0. The van der Waals surface area contributed by atoms with Crippen LogP contribution in [0.15, 0.2) is 54.6 Å². The van der Waals surface area contributed by atoms with Crippen LogP contribution in [0.25, 0.3) is 21.8 Å². The molecule has 0 aliphatic heterocycles. The maximum atomic E-state index is 12.1. The molecule has 2 N–H and O–H groups in total. The highest BCUT2D eigenvalue weighted by Crippen LogP contribution is 2.33. The van der Waals surface area contributed by atoms with Gasteiger partial charge in [0, 0.05) is 28.4 Å². The lowest BCUT2D eigenvalue weighted by Gasteiger charge is -2.12.